The van der Waals surface area contributed by atoms with Crippen molar-refractivity contribution in [1.29, 1.82) is 0 Å². The average Bonchev–Trinajstić information content (AvgIpc) is 2.52. The Morgan fingerprint density at radius 2 is 1.95 bits per heavy atom. The normalized spacial score (nSPS) is 20.5. The van der Waals surface area contributed by atoms with E-state index in [1.54, 1.807) is 6.20 Å². The van der Waals surface area contributed by atoms with Crippen molar-refractivity contribution < 1.29 is 4.79 Å². The van der Waals surface area contributed by atoms with Gasteiger partial charge in [-0.1, -0.05) is 18.2 Å². The molecule has 0 radical (unpaired) electrons. The summed E-state index contributed by atoms with van der Waals surface area (Å²) in [6, 6.07) is 9.87. The molecule has 4 nitrogen and oxygen atoms in total. The molecule has 1 amide bonds. The van der Waals surface area contributed by atoms with Crippen LogP contribution >= 0.6 is 0 Å². The summed E-state index contributed by atoms with van der Waals surface area (Å²) in [5.74, 6) is 0.123. The minimum Gasteiger partial charge on any atom is -0.337 e. The van der Waals surface area contributed by atoms with Crippen LogP contribution in [0.3, 0.4) is 0 Å². The quantitative estimate of drug-likeness (QED) is 0.870. The number of carbonyl (C=O) groups is 1. The Labute approximate surface area is 124 Å². The Balaban J connectivity index is 1.52. The summed E-state index contributed by atoms with van der Waals surface area (Å²) in [5.41, 5.74) is 2.02. The highest BCUT2D eigenvalue weighted by Gasteiger charge is 2.45. The van der Waals surface area contributed by atoms with Gasteiger partial charge >= 0.3 is 0 Å². The zero-order valence-electron chi connectivity index (χ0n) is 12.0. The number of hydrogen-bond donors (Lipinski definition) is 1. The molecule has 1 spiro atoms. The van der Waals surface area contributed by atoms with Crippen molar-refractivity contribution in [2.45, 2.75) is 12.8 Å². The van der Waals surface area contributed by atoms with Gasteiger partial charge in [-0.05, 0) is 38.1 Å². The molecule has 1 aromatic carbocycles. The lowest BCUT2D eigenvalue weighted by atomic mass is 9.72. The molecular weight excluding hydrogens is 262 g/mol. The molecule has 4 heteroatoms. The van der Waals surface area contributed by atoms with Crippen LogP contribution in [0.4, 0.5) is 0 Å². The molecule has 1 aromatic heterocycles. The third kappa shape index (κ3) is 2.20. The summed E-state index contributed by atoms with van der Waals surface area (Å²) >= 11 is 0. The Morgan fingerprint density at radius 3 is 2.76 bits per heavy atom. The molecule has 0 saturated carbocycles. The van der Waals surface area contributed by atoms with E-state index in [9.17, 15) is 4.79 Å². The number of fused-ring (bicyclic) bond motifs is 1. The van der Waals surface area contributed by atoms with Crippen molar-refractivity contribution in [1.82, 2.24) is 15.2 Å². The molecule has 2 aliphatic heterocycles. The fourth-order valence-electron chi connectivity index (χ4n) is 3.55. The number of hydrogen-bond acceptors (Lipinski definition) is 3. The predicted molar refractivity (Wildman–Crippen MR) is 82.2 cm³/mol. The number of aromatic nitrogens is 1. The second-order valence-corrected chi connectivity index (χ2v) is 6.33. The standard InChI is InChI=1S/C17H19N3O/c21-16(20-11-17(12-20)5-7-18-8-6-17)14-9-13-3-1-2-4-15(13)19-10-14/h1-4,9-10,18H,5-8,11-12H2. The van der Waals surface area contributed by atoms with Gasteiger partial charge in [-0.3, -0.25) is 9.78 Å². The maximum Gasteiger partial charge on any atom is 0.255 e. The highest BCUT2D eigenvalue weighted by Crippen LogP contribution is 2.39. The largest absolute Gasteiger partial charge is 0.337 e. The number of para-hydroxylation sites is 1. The van der Waals surface area contributed by atoms with Crippen molar-refractivity contribution in [2.75, 3.05) is 26.2 Å². The minimum absolute atomic E-state index is 0.123. The van der Waals surface area contributed by atoms with Crippen LogP contribution < -0.4 is 5.32 Å². The smallest absolute Gasteiger partial charge is 0.255 e. The van der Waals surface area contributed by atoms with Crippen molar-refractivity contribution in [3.05, 3.63) is 42.1 Å². The Kier molecular flexibility index (Phi) is 2.93. The van der Waals surface area contributed by atoms with Crippen molar-refractivity contribution in [3.63, 3.8) is 0 Å². The van der Waals surface area contributed by atoms with Gasteiger partial charge in [-0.15, -0.1) is 0 Å². The number of nitrogens with one attached hydrogen (secondary N) is 1. The average molecular weight is 281 g/mol. The third-order valence-electron chi connectivity index (χ3n) is 4.84. The van der Waals surface area contributed by atoms with E-state index in [2.05, 4.69) is 10.3 Å². The molecule has 21 heavy (non-hydrogen) atoms. The third-order valence-corrected chi connectivity index (χ3v) is 4.84. The first-order chi connectivity index (χ1) is 10.3. The van der Waals surface area contributed by atoms with Crippen LogP contribution in [0.2, 0.25) is 0 Å². The molecule has 2 saturated heterocycles. The lowest BCUT2D eigenvalue weighted by Crippen LogP contribution is -2.61. The van der Waals surface area contributed by atoms with E-state index >= 15 is 0 Å². The minimum atomic E-state index is 0.123. The predicted octanol–water partition coefficient (Wildman–Crippen LogP) is 2.06. The SMILES string of the molecule is O=C(c1cnc2ccccc2c1)N1CC2(CCNCC2)C1. The topological polar surface area (TPSA) is 45.2 Å². The molecule has 0 bridgehead atoms. The monoisotopic (exact) mass is 281 g/mol. The van der Waals surface area contributed by atoms with Crippen LogP contribution in [-0.4, -0.2) is 42.0 Å². The first kappa shape index (κ1) is 12.8. The molecule has 1 N–H and O–H groups in total. The van der Waals surface area contributed by atoms with Gasteiger partial charge < -0.3 is 10.2 Å². The van der Waals surface area contributed by atoms with E-state index < -0.39 is 0 Å². The molecule has 0 aliphatic carbocycles. The number of benzene rings is 1. The number of likely N-dealkylation sites (tertiary alicyclic amines) is 1. The van der Waals surface area contributed by atoms with Crippen LogP contribution in [0.5, 0.6) is 0 Å². The number of pyridine rings is 1. The van der Waals surface area contributed by atoms with E-state index in [1.165, 1.54) is 12.8 Å². The highest BCUT2D eigenvalue weighted by molar-refractivity contribution is 5.97. The van der Waals surface area contributed by atoms with Crippen LogP contribution in [0.1, 0.15) is 23.2 Å². The maximum atomic E-state index is 12.6. The molecule has 0 atom stereocenters. The van der Waals surface area contributed by atoms with Gasteiger partial charge in [0.1, 0.15) is 0 Å². The fraction of sp³-hybridized carbons (Fsp3) is 0.412. The zero-order valence-corrected chi connectivity index (χ0v) is 12.0. The number of piperidine rings is 1. The summed E-state index contributed by atoms with van der Waals surface area (Å²) in [6.45, 7) is 3.97. The molecule has 4 rings (SSSR count). The summed E-state index contributed by atoms with van der Waals surface area (Å²) in [7, 11) is 0. The number of carbonyl (C=O) groups excluding carboxylic acids is 1. The van der Waals surface area contributed by atoms with Gasteiger partial charge in [0.2, 0.25) is 0 Å². The first-order valence-electron chi connectivity index (χ1n) is 7.61. The molecule has 2 aromatic rings. The lowest BCUT2D eigenvalue weighted by molar-refractivity contribution is -0.0113. The molecular formula is C17H19N3O. The van der Waals surface area contributed by atoms with Crippen molar-refractivity contribution in [3.8, 4) is 0 Å². The number of amides is 1. The van der Waals surface area contributed by atoms with Gasteiger partial charge in [0.25, 0.3) is 5.91 Å². The molecule has 3 heterocycles. The van der Waals surface area contributed by atoms with E-state index in [0.717, 1.165) is 37.1 Å². The van der Waals surface area contributed by atoms with Crippen molar-refractivity contribution in [2.24, 2.45) is 5.41 Å². The summed E-state index contributed by atoms with van der Waals surface area (Å²) < 4.78 is 0. The Bertz CT molecular complexity index is 683. The molecule has 2 aliphatic rings. The zero-order chi connectivity index (χ0) is 14.3. The summed E-state index contributed by atoms with van der Waals surface area (Å²) in [4.78, 5) is 18.9. The molecule has 108 valence electrons. The Hall–Kier alpha value is -1.94. The van der Waals surface area contributed by atoms with E-state index in [4.69, 9.17) is 0 Å². The highest BCUT2D eigenvalue weighted by atomic mass is 16.2. The second kappa shape index (κ2) is 4.81. The summed E-state index contributed by atoms with van der Waals surface area (Å²) in [6.07, 6.45) is 4.08. The molecule has 0 unspecified atom stereocenters. The van der Waals surface area contributed by atoms with Crippen LogP contribution in [0, 0.1) is 5.41 Å². The van der Waals surface area contributed by atoms with Crippen LogP contribution in [0.15, 0.2) is 36.5 Å². The first-order valence-corrected chi connectivity index (χ1v) is 7.61. The van der Waals surface area contributed by atoms with E-state index in [1.807, 2.05) is 35.2 Å². The van der Waals surface area contributed by atoms with E-state index in [0.29, 0.717) is 11.0 Å². The second-order valence-electron chi connectivity index (χ2n) is 6.33. The van der Waals surface area contributed by atoms with Gasteiger partial charge in [-0.25, -0.2) is 0 Å². The van der Waals surface area contributed by atoms with Gasteiger partial charge in [0.15, 0.2) is 0 Å². The van der Waals surface area contributed by atoms with Crippen LogP contribution in [-0.2, 0) is 0 Å². The lowest BCUT2D eigenvalue weighted by Gasteiger charge is -2.52. The van der Waals surface area contributed by atoms with E-state index in [-0.39, 0.29) is 5.91 Å². The Morgan fingerprint density at radius 1 is 1.19 bits per heavy atom. The fourth-order valence-corrected chi connectivity index (χ4v) is 3.55. The van der Waals surface area contributed by atoms with Gasteiger partial charge in [0, 0.05) is 30.1 Å². The van der Waals surface area contributed by atoms with Crippen molar-refractivity contribution >= 4 is 16.8 Å². The van der Waals surface area contributed by atoms with Gasteiger partial charge in [0.05, 0.1) is 11.1 Å². The molecule has 2 fully saturated rings. The van der Waals surface area contributed by atoms with Gasteiger partial charge in [-0.2, -0.15) is 0 Å². The maximum absolute atomic E-state index is 12.6. The number of nitrogens with zero attached hydrogens (tertiary/aromatic N) is 2. The summed E-state index contributed by atoms with van der Waals surface area (Å²) in [5, 5.41) is 4.42. The number of rotatable bonds is 1. The van der Waals surface area contributed by atoms with Crippen LogP contribution in [0.25, 0.3) is 10.9 Å².